The van der Waals surface area contributed by atoms with Gasteiger partial charge in [0.15, 0.2) is 11.5 Å². The van der Waals surface area contributed by atoms with Crippen molar-refractivity contribution < 1.29 is 13.2 Å². The summed E-state index contributed by atoms with van der Waals surface area (Å²) < 4.78 is 44.1. The lowest BCUT2D eigenvalue weighted by molar-refractivity contribution is -0.140. The summed E-state index contributed by atoms with van der Waals surface area (Å²) in [6, 6.07) is 10.9. The van der Waals surface area contributed by atoms with Crippen molar-refractivity contribution in [3.8, 4) is 22.6 Å². The lowest BCUT2D eigenvalue weighted by Crippen LogP contribution is -2.20. The second kappa shape index (κ2) is 10.3. The number of pyridine rings is 3. The predicted octanol–water partition coefficient (Wildman–Crippen LogP) is 5.56. The minimum absolute atomic E-state index is 0.144. The number of rotatable bonds is 5. The van der Waals surface area contributed by atoms with Gasteiger partial charge in [0.2, 0.25) is 0 Å². The second-order valence-corrected chi connectivity index (χ2v) is 10.1. The minimum atomic E-state index is -4.63. The quantitative estimate of drug-likeness (QED) is 0.302. The average molecular weight is 561 g/mol. The number of hydrogen-bond acceptors (Lipinski definition) is 6. The molecule has 1 atom stereocenters. The van der Waals surface area contributed by atoms with Crippen LogP contribution in [0.4, 0.5) is 18.9 Å². The van der Waals surface area contributed by atoms with Crippen molar-refractivity contribution in [2.45, 2.75) is 33.0 Å². The Bertz CT molecular complexity index is 1910. The van der Waals surface area contributed by atoms with Gasteiger partial charge < -0.3 is 14.5 Å². The topological polar surface area (TPSA) is 94.7 Å². The van der Waals surface area contributed by atoms with E-state index in [1.165, 1.54) is 34.3 Å². The zero-order chi connectivity index (χ0) is 29.6. The number of aromatic nitrogens is 5. The molecule has 0 aliphatic carbocycles. The molecule has 0 saturated heterocycles. The van der Waals surface area contributed by atoms with E-state index in [1.807, 2.05) is 19.1 Å². The maximum atomic E-state index is 13.7. The summed E-state index contributed by atoms with van der Waals surface area (Å²) in [7, 11) is 3.29. The van der Waals surface area contributed by atoms with Gasteiger partial charge in [-0.15, -0.1) is 0 Å². The second-order valence-electron chi connectivity index (χ2n) is 10.1. The lowest BCUT2D eigenvalue weighted by atomic mass is 9.96. The monoisotopic (exact) mass is 560 g/mol. The molecule has 1 aromatic carbocycles. The predicted molar refractivity (Wildman–Crippen MR) is 152 cm³/mol. The zero-order valence-electron chi connectivity index (χ0n) is 23.0. The first-order valence-corrected chi connectivity index (χ1v) is 12.8. The van der Waals surface area contributed by atoms with Crippen molar-refractivity contribution >= 4 is 16.5 Å². The molecule has 210 valence electrons. The molecule has 0 radical (unpaired) electrons. The minimum Gasteiger partial charge on any atom is -0.377 e. The van der Waals surface area contributed by atoms with E-state index in [0.29, 0.717) is 39.0 Å². The first kappa shape index (κ1) is 27.8. The Balaban J connectivity index is 1.59. The number of fused-ring (bicyclic) bond motifs is 1. The van der Waals surface area contributed by atoms with Crippen LogP contribution in [0.25, 0.3) is 33.4 Å². The molecular weight excluding hydrogens is 533 g/mol. The Kier molecular flexibility index (Phi) is 6.98. The fourth-order valence-corrected chi connectivity index (χ4v) is 4.82. The van der Waals surface area contributed by atoms with E-state index in [0.717, 1.165) is 5.56 Å². The molecule has 5 rings (SSSR count). The van der Waals surface area contributed by atoms with Crippen molar-refractivity contribution in [1.82, 2.24) is 24.1 Å². The molecule has 41 heavy (non-hydrogen) atoms. The molecule has 0 aliphatic rings. The fraction of sp³-hybridized carbons (Fsp3) is 0.233. The molecule has 0 fully saturated rings. The van der Waals surface area contributed by atoms with Crippen LogP contribution in [0.15, 0.2) is 70.6 Å². The molecule has 11 heteroatoms. The largest absolute Gasteiger partial charge is 0.435 e. The van der Waals surface area contributed by atoms with Crippen LogP contribution in [0.5, 0.6) is 0 Å². The van der Waals surface area contributed by atoms with E-state index in [-0.39, 0.29) is 22.5 Å². The standard InChI is InChI=1S/C30H27F3N6O2/c1-16-10-21(18(3)37-24-7-6-17(2)36-27(24)30(31,32)33)22-13-25(39(5)29(41)23(22)11-16)20-14-34-28(35-15-20)19-8-9-38(4)26(40)12-19/h6-15,18,37H,1-5H3/t18-/m1/s1. The molecule has 0 saturated carbocycles. The third-order valence-corrected chi connectivity index (χ3v) is 6.99. The van der Waals surface area contributed by atoms with Crippen molar-refractivity contribution in [2.24, 2.45) is 14.1 Å². The number of benzene rings is 1. The molecular formula is C30H27F3N6O2. The average Bonchev–Trinajstić information content (AvgIpc) is 2.92. The van der Waals surface area contributed by atoms with E-state index >= 15 is 0 Å². The van der Waals surface area contributed by atoms with Gasteiger partial charge in [0.05, 0.1) is 11.4 Å². The third kappa shape index (κ3) is 5.34. The number of halogens is 3. The van der Waals surface area contributed by atoms with Gasteiger partial charge in [-0.2, -0.15) is 13.2 Å². The molecule has 8 nitrogen and oxygen atoms in total. The highest BCUT2D eigenvalue weighted by molar-refractivity contribution is 5.89. The third-order valence-electron chi connectivity index (χ3n) is 6.99. The summed E-state index contributed by atoms with van der Waals surface area (Å²) in [5.41, 5.74) is 1.77. The maximum absolute atomic E-state index is 13.7. The Labute approximate surface area is 233 Å². The molecule has 1 N–H and O–H groups in total. The van der Waals surface area contributed by atoms with Crippen molar-refractivity contribution in [1.29, 1.82) is 0 Å². The number of aryl methyl sites for hydroxylation is 3. The maximum Gasteiger partial charge on any atom is 0.435 e. The summed E-state index contributed by atoms with van der Waals surface area (Å²) in [4.78, 5) is 38.1. The molecule has 4 heterocycles. The Morgan fingerprint density at radius 2 is 1.61 bits per heavy atom. The molecule has 0 unspecified atom stereocenters. The highest BCUT2D eigenvalue weighted by Gasteiger charge is 2.36. The van der Waals surface area contributed by atoms with Gasteiger partial charge in [-0.25, -0.2) is 15.0 Å². The Morgan fingerprint density at radius 1 is 0.902 bits per heavy atom. The number of hydrogen-bond donors (Lipinski definition) is 1. The fourth-order valence-electron chi connectivity index (χ4n) is 4.82. The highest BCUT2D eigenvalue weighted by Crippen LogP contribution is 2.36. The van der Waals surface area contributed by atoms with Crippen LogP contribution in [0.2, 0.25) is 0 Å². The van der Waals surface area contributed by atoms with E-state index in [9.17, 15) is 22.8 Å². The van der Waals surface area contributed by atoms with E-state index in [4.69, 9.17) is 0 Å². The smallest absolute Gasteiger partial charge is 0.377 e. The van der Waals surface area contributed by atoms with Crippen LogP contribution >= 0.6 is 0 Å². The molecule has 0 bridgehead atoms. The summed E-state index contributed by atoms with van der Waals surface area (Å²) in [6.45, 7) is 5.08. The van der Waals surface area contributed by atoms with E-state index < -0.39 is 17.9 Å². The summed E-state index contributed by atoms with van der Waals surface area (Å²) in [6.07, 6.45) is 0.142. The molecule has 5 aromatic rings. The summed E-state index contributed by atoms with van der Waals surface area (Å²) >= 11 is 0. The molecule has 0 aliphatic heterocycles. The highest BCUT2D eigenvalue weighted by atomic mass is 19.4. The Morgan fingerprint density at radius 3 is 2.27 bits per heavy atom. The molecule has 4 aromatic heterocycles. The van der Waals surface area contributed by atoms with Gasteiger partial charge in [-0.1, -0.05) is 6.07 Å². The van der Waals surface area contributed by atoms with Crippen molar-refractivity contribution in [2.75, 3.05) is 5.32 Å². The van der Waals surface area contributed by atoms with Gasteiger partial charge in [0.1, 0.15) is 0 Å². The van der Waals surface area contributed by atoms with Gasteiger partial charge in [-0.3, -0.25) is 9.59 Å². The normalized spacial score (nSPS) is 12.5. The van der Waals surface area contributed by atoms with Crippen LogP contribution < -0.4 is 16.4 Å². The van der Waals surface area contributed by atoms with Gasteiger partial charge in [0.25, 0.3) is 11.1 Å². The molecule has 0 amide bonds. The van der Waals surface area contributed by atoms with Crippen molar-refractivity contribution in [3.63, 3.8) is 0 Å². The first-order valence-electron chi connectivity index (χ1n) is 12.8. The van der Waals surface area contributed by atoms with E-state index in [1.54, 1.807) is 51.7 Å². The number of nitrogens with one attached hydrogen (secondary N) is 1. The summed E-state index contributed by atoms with van der Waals surface area (Å²) in [5.74, 6) is 0.360. The number of alkyl halides is 3. The number of anilines is 1. The molecule has 0 spiro atoms. The van der Waals surface area contributed by atoms with Crippen LogP contribution in [0.3, 0.4) is 0 Å². The zero-order valence-corrected chi connectivity index (χ0v) is 23.0. The van der Waals surface area contributed by atoms with E-state index in [2.05, 4.69) is 20.3 Å². The first-order chi connectivity index (χ1) is 19.3. The summed E-state index contributed by atoms with van der Waals surface area (Å²) in [5, 5.41) is 4.00. The van der Waals surface area contributed by atoms with Gasteiger partial charge in [0, 0.05) is 67.0 Å². The van der Waals surface area contributed by atoms with Gasteiger partial charge in [-0.05, 0) is 67.6 Å². The number of nitrogens with zero attached hydrogens (tertiary/aromatic N) is 5. The Hall–Kier alpha value is -4.80. The van der Waals surface area contributed by atoms with Crippen LogP contribution in [-0.4, -0.2) is 24.1 Å². The van der Waals surface area contributed by atoms with Crippen LogP contribution in [0, 0.1) is 13.8 Å². The van der Waals surface area contributed by atoms with Crippen molar-refractivity contribution in [3.05, 3.63) is 104 Å². The van der Waals surface area contributed by atoms with Crippen LogP contribution in [0.1, 0.15) is 35.5 Å². The SMILES string of the molecule is Cc1cc([C@@H](C)Nc2ccc(C)nc2C(F)(F)F)c2cc(-c3cnc(-c4ccn(C)c(=O)c4)nc3)n(C)c(=O)c2c1. The van der Waals surface area contributed by atoms with Gasteiger partial charge >= 0.3 is 6.18 Å². The lowest BCUT2D eigenvalue weighted by Gasteiger charge is -2.22. The van der Waals surface area contributed by atoms with Crippen LogP contribution in [-0.2, 0) is 20.3 Å².